The van der Waals surface area contributed by atoms with Crippen molar-refractivity contribution in [2.75, 3.05) is 41.0 Å². The van der Waals surface area contributed by atoms with Gasteiger partial charge in [0.05, 0.1) is 40.3 Å². The predicted molar refractivity (Wildman–Crippen MR) is 240 cm³/mol. The smallest absolute Gasteiger partial charge is 0.306 e. The van der Waals surface area contributed by atoms with Gasteiger partial charge in [0.2, 0.25) is 0 Å². The molecule has 8 nitrogen and oxygen atoms in total. The van der Waals surface area contributed by atoms with E-state index in [0.29, 0.717) is 12.8 Å². The molecule has 0 aliphatic rings. The van der Waals surface area contributed by atoms with Gasteiger partial charge in [-0.05, 0) is 64.2 Å². The number of carboxylic acids is 1. The molecule has 0 aromatic rings. The first-order chi connectivity index (χ1) is 28.1. The van der Waals surface area contributed by atoms with Gasteiger partial charge in [-0.1, -0.05) is 163 Å². The van der Waals surface area contributed by atoms with E-state index < -0.39 is 18.1 Å². The lowest BCUT2D eigenvalue weighted by Gasteiger charge is -2.34. The fraction of sp³-hybridized carbons (Fsp3) is 0.660. The van der Waals surface area contributed by atoms with Gasteiger partial charge in [-0.15, -0.1) is 0 Å². The van der Waals surface area contributed by atoms with Crippen LogP contribution in [0.2, 0.25) is 0 Å². The highest BCUT2D eigenvalue weighted by atomic mass is 16.6. The van der Waals surface area contributed by atoms with Crippen LogP contribution in [0.25, 0.3) is 0 Å². The Labute approximate surface area is 354 Å². The summed E-state index contributed by atoms with van der Waals surface area (Å²) >= 11 is 0. The number of rotatable bonds is 39. The minimum atomic E-state index is -1.14. The van der Waals surface area contributed by atoms with Crippen LogP contribution in [0, 0.1) is 0 Å². The van der Waals surface area contributed by atoms with E-state index in [-0.39, 0.29) is 49.1 Å². The van der Waals surface area contributed by atoms with Gasteiger partial charge >= 0.3 is 11.9 Å². The van der Waals surface area contributed by atoms with Crippen LogP contribution < -0.4 is 5.11 Å². The Hall–Kier alpha value is -3.49. The molecule has 0 aliphatic carbocycles. The van der Waals surface area contributed by atoms with Crippen molar-refractivity contribution in [1.82, 2.24) is 0 Å². The van der Waals surface area contributed by atoms with Gasteiger partial charge in [-0.2, -0.15) is 0 Å². The zero-order chi connectivity index (χ0) is 42.8. The molecule has 0 aliphatic heterocycles. The minimum absolute atomic E-state index is 0.0193. The third-order valence-electron chi connectivity index (χ3n) is 9.62. The Morgan fingerprint density at radius 3 is 1.57 bits per heavy atom. The summed E-state index contributed by atoms with van der Waals surface area (Å²) in [7, 11) is 5.38. The Morgan fingerprint density at radius 2 is 1.00 bits per heavy atom. The van der Waals surface area contributed by atoms with Crippen molar-refractivity contribution in [3.05, 3.63) is 85.1 Å². The van der Waals surface area contributed by atoms with Crippen LogP contribution in [0.5, 0.6) is 0 Å². The number of carbonyl (C=O) groups is 3. The molecule has 0 radical (unpaired) electrons. The summed E-state index contributed by atoms with van der Waals surface area (Å²) in [4.78, 5) is 36.9. The summed E-state index contributed by atoms with van der Waals surface area (Å²) < 4.78 is 17.1. The fourth-order valence-electron chi connectivity index (χ4n) is 6.15. The van der Waals surface area contributed by atoms with E-state index in [9.17, 15) is 19.5 Å². The van der Waals surface area contributed by atoms with Gasteiger partial charge in [-0.3, -0.25) is 9.59 Å². The van der Waals surface area contributed by atoms with Crippen LogP contribution in [0.4, 0.5) is 0 Å². The molecule has 0 spiro atoms. The lowest BCUT2D eigenvalue weighted by Crippen LogP contribution is -2.55. The first-order valence-corrected chi connectivity index (χ1v) is 22.7. The number of ether oxygens (including phenoxy) is 3. The predicted octanol–water partition coefficient (Wildman–Crippen LogP) is 11.2. The van der Waals surface area contributed by atoms with E-state index in [1.54, 1.807) is 21.1 Å². The third-order valence-corrected chi connectivity index (χ3v) is 9.62. The van der Waals surface area contributed by atoms with Crippen LogP contribution in [-0.2, 0) is 28.6 Å². The normalized spacial score (nSPS) is 13.7. The maximum absolute atomic E-state index is 12.7. The lowest BCUT2D eigenvalue weighted by atomic mass is 10.0. The molecule has 0 rings (SSSR count). The molecule has 0 heterocycles. The molecule has 2 atom stereocenters. The first kappa shape index (κ1) is 54.5. The van der Waals surface area contributed by atoms with Crippen LogP contribution in [0.1, 0.15) is 162 Å². The highest BCUT2D eigenvalue weighted by Crippen LogP contribution is 2.14. The molecule has 8 heteroatoms. The molecule has 0 aromatic carbocycles. The molecule has 0 saturated heterocycles. The summed E-state index contributed by atoms with van der Waals surface area (Å²) in [5.74, 6) is -1.80. The van der Waals surface area contributed by atoms with Crippen LogP contribution in [0.15, 0.2) is 85.1 Å². The van der Waals surface area contributed by atoms with E-state index in [1.165, 1.54) is 57.8 Å². The Kier molecular flexibility index (Phi) is 37.9. The zero-order valence-electron chi connectivity index (χ0n) is 37.4. The summed E-state index contributed by atoms with van der Waals surface area (Å²) in [5, 5.41) is 11.6. The molecular weight excluding hydrogens is 727 g/mol. The average Bonchev–Trinajstić information content (AvgIpc) is 3.18. The van der Waals surface area contributed by atoms with Crippen molar-refractivity contribution in [2.45, 2.75) is 174 Å². The maximum Gasteiger partial charge on any atom is 0.306 e. The van der Waals surface area contributed by atoms with E-state index in [0.717, 1.165) is 64.2 Å². The quantitative estimate of drug-likeness (QED) is 0.0200. The van der Waals surface area contributed by atoms with Crippen molar-refractivity contribution in [3.63, 3.8) is 0 Å². The minimum Gasteiger partial charge on any atom is -0.544 e. The van der Waals surface area contributed by atoms with Gasteiger partial charge in [-0.25, -0.2) is 0 Å². The van der Waals surface area contributed by atoms with Gasteiger partial charge in [0.25, 0.3) is 0 Å². The fourth-order valence-corrected chi connectivity index (χ4v) is 6.15. The Bertz CT molecular complexity index is 1220. The second kappa shape index (κ2) is 40.3. The summed E-state index contributed by atoms with van der Waals surface area (Å²) in [6.07, 6.45) is 51.9. The molecule has 0 N–H and O–H groups in total. The van der Waals surface area contributed by atoms with Gasteiger partial charge in [0.1, 0.15) is 12.6 Å². The molecular formula is C50H83NO7. The van der Waals surface area contributed by atoms with Crippen molar-refractivity contribution in [1.29, 1.82) is 0 Å². The summed E-state index contributed by atoms with van der Waals surface area (Å²) in [6.45, 7) is 4.35. The van der Waals surface area contributed by atoms with Crippen LogP contribution >= 0.6 is 0 Å². The second-order valence-corrected chi connectivity index (χ2v) is 16.0. The number of hydrogen-bond acceptors (Lipinski definition) is 7. The maximum atomic E-state index is 12.7. The largest absolute Gasteiger partial charge is 0.544 e. The molecule has 0 amide bonds. The highest BCUT2D eigenvalue weighted by molar-refractivity contribution is 5.70. The third kappa shape index (κ3) is 38.1. The average molecular weight is 810 g/mol. The highest BCUT2D eigenvalue weighted by Gasteiger charge is 2.25. The van der Waals surface area contributed by atoms with Crippen LogP contribution in [-0.4, -0.2) is 75.5 Å². The number of allylic oxidation sites excluding steroid dienone is 14. The number of unbranched alkanes of at least 4 members (excludes halogenated alkanes) is 14. The van der Waals surface area contributed by atoms with Crippen molar-refractivity contribution < 1.29 is 38.2 Å². The molecule has 0 fully saturated rings. The van der Waals surface area contributed by atoms with Crippen LogP contribution in [0.3, 0.4) is 0 Å². The standard InChI is InChI=1S/C50H83NO7/c1-6-8-10-12-14-16-18-20-21-22-23-24-25-26-27-29-30-32-34-36-38-40-48(52)57-45-46(44-56-43-42-47(50(54)55)51(3,4)5)58-49(53)41-39-37-35-33-31-28-19-17-15-13-11-9-7-2/h8-11,13-17,19-21,28,31,46-47H,6-7,12,18,22-27,29-30,32-45H2,1-5H3/b10-8+,11-9+,15-13+,16-14+,19-17+,21-20+,31-28+. The van der Waals surface area contributed by atoms with Gasteiger partial charge < -0.3 is 28.6 Å². The van der Waals surface area contributed by atoms with E-state index in [2.05, 4.69) is 62.5 Å². The Morgan fingerprint density at radius 1 is 0.534 bits per heavy atom. The van der Waals surface area contributed by atoms with Crippen molar-refractivity contribution in [3.8, 4) is 0 Å². The number of likely N-dealkylation sites (N-methyl/N-ethyl adjacent to an activating group) is 1. The van der Waals surface area contributed by atoms with E-state index in [1.807, 2.05) is 36.5 Å². The first-order valence-electron chi connectivity index (χ1n) is 22.7. The summed E-state index contributed by atoms with van der Waals surface area (Å²) in [5.41, 5.74) is 0. The molecule has 0 aromatic heterocycles. The second-order valence-electron chi connectivity index (χ2n) is 16.0. The molecule has 330 valence electrons. The number of hydrogen-bond donors (Lipinski definition) is 0. The molecule has 0 saturated carbocycles. The monoisotopic (exact) mass is 810 g/mol. The van der Waals surface area contributed by atoms with Gasteiger partial charge in [0.15, 0.2) is 6.10 Å². The number of quaternary nitrogens is 1. The zero-order valence-corrected chi connectivity index (χ0v) is 37.4. The molecule has 58 heavy (non-hydrogen) atoms. The number of carbonyl (C=O) groups excluding carboxylic acids is 3. The number of aliphatic carboxylic acids is 1. The summed E-state index contributed by atoms with van der Waals surface area (Å²) in [6, 6.07) is -0.737. The number of esters is 2. The lowest BCUT2D eigenvalue weighted by molar-refractivity contribution is -0.889. The van der Waals surface area contributed by atoms with Crippen molar-refractivity contribution >= 4 is 17.9 Å². The molecule has 0 bridgehead atoms. The number of nitrogens with zero attached hydrogens (tertiary/aromatic N) is 1. The Balaban J connectivity index is 4.32. The van der Waals surface area contributed by atoms with E-state index >= 15 is 0 Å². The van der Waals surface area contributed by atoms with E-state index in [4.69, 9.17) is 14.2 Å². The van der Waals surface area contributed by atoms with Crippen molar-refractivity contribution in [2.24, 2.45) is 0 Å². The SMILES string of the molecule is CC/C=C/C=C/C=C/C=C/CCCCCC(=O)OC(COCCC(C(=O)[O-])[N+](C)(C)C)COC(=O)CCCCCCCCCCCCC/C=C/C/C=C/C/C=C/CC. The topological polar surface area (TPSA) is 102 Å². The van der Waals surface area contributed by atoms with Gasteiger partial charge in [0, 0.05) is 19.3 Å². The number of carboxylic acid groups (broad SMARTS) is 1. The molecule has 2 unspecified atom stereocenters.